The summed E-state index contributed by atoms with van der Waals surface area (Å²) < 4.78 is 0. The molecule has 0 aromatic carbocycles. The third kappa shape index (κ3) is 3.58. The lowest BCUT2D eigenvalue weighted by molar-refractivity contribution is 0.318. The van der Waals surface area contributed by atoms with Crippen LogP contribution in [0.25, 0.3) is 0 Å². The second-order valence-corrected chi connectivity index (χ2v) is 8.06. The van der Waals surface area contributed by atoms with Crippen molar-refractivity contribution in [3.63, 3.8) is 0 Å². The predicted octanol–water partition coefficient (Wildman–Crippen LogP) is 6.37. The molecule has 0 heteroatoms. The molecule has 6 atom stereocenters. The molecule has 0 saturated heterocycles. The van der Waals surface area contributed by atoms with Crippen LogP contribution >= 0.6 is 0 Å². The molecular formula is C24H32. The van der Waals surface area contributed by atoms with E-state index >= 15 is 0 Å². The highest BCUT2D eigenvalue weighted by molar-refractivity contribution is 5.25. The smallest absolute Gasteiger partial charge is 0.00756 e. The number of hydrogen-bond donors (Lipinski definition) is 0. The fourth-order valence-corrected chi connectivity index (χ4v) is 4.81. The van der Waals surface area contributed by atoms with E-state index in [-0.39, 0.29) is 0 Å². The first-order valence-corrected chi connectivity index (χ1v) is 9.64. The van der Waals surface area contributed by atoms with E-state index in [1.807, 2.05) is 0 Å². The number of allylic oxidation sites excluding steroid dienone is 12. The summed E-state index contributed by atoms with van der Waals surface area (Å²) in [4.78, 5) is 0. The molecule has 128 valence electrons. The lowest BCUT2D eigenvalue weighted by atomic mass is 9.81. The standard InChI is InChI=1S/C12H16.2C6H8/c1-7-3-4-11-9-5-6-10(8(9)2)12(7)11;2*1-6-4-2-3-5-6/h3-12H,1-2H3;2*2-6H,1H3. The Morgan fingerprint density at radius 2 is 0.917 bits per heavy atom. The van der Waals surface area contributed by atoms with E-state index in [0.717, 1.165) is 35.5 Å². The van der Waals surface area contributed by atoms with E-state index < -0.39 is 0 Å². The van der Waals surface area contributed by atoms with E-state index in [4.69, 9.17) is 0 Å². The Bertz CT molecular complexity index is 548. The van der Waals surface area contributed by atoms with Crippen LogP contribution in [0.5, 0.6) is 0 Å². The molecule has 24 heavy (non-hydrogen) atoms. The molecule has 1 fully saturated rings. The molecule has 2 bridgehead atoms. The summed E-state index contributed by atoms with van der Waals surface area (Å²) in [7, 11) is 0. The number of hydrogen-bond acceptors (Lipinski definition) is 0. The first-order valence-electron chi connectivity index (χ1n) is 9.64. The monoisotopic (exact) mass is 320 g/mol. The first kappa shape index (κ1) is 17.3. The van der Waals surface area contributed by atoms with Gasteiger partial charge < -0.3 is 0 Å². The average molecular weight is 321 g/mol. The van der Waals surface area contributed by atoms with Crippen molar-refractivity contribution in [2.75, 3.05) is 0 Å². The van der Waals surface area contributed by atoms with Crippen LogP contribution in [0.2, 0.25) is 0 Å². The van der Waals surface area contributed by atoms with Gasteiger partial charge in [-0.15, -0.1) is 0 Å². The largest absolute Gasteiger partial charge is 0.0851 e. The SMILES string of the molecule is CC1C=CC2C3C=CC(C3C)C12.CC1C=CC=C1.CC1C=CC=C1. The minimum absolute atomic E-state index is 0.685. The lowest BCUT2D eigenvalue weighted by Crippen LogP contribution is -2.18. The van der Waals surface area contributed by atoms with Gasteiger partial charge in [-0.2, -0.15) is 0 Å². The summed E-state index contributed by atoms with van der Waals surface area (Å²) in [5.41, 5.74) is 0. The molecule has 0 N–H and O–H groups in total. The number of rotatable bonds is 0. The summed E-state index contributed by atoms with van der Waals surface area (Å²) in [5, 5.41) is 0. The summed E-state index contributed by atoms with van der Waals surface area (Å²) in [6.45, 7) is 9.14. The molecule has 0 spiro atoms. The van der Waals surface area contributed by atoms with Crippen LogP contribution in [-0.2, 0) is 0 Å². The Labute approximate surface area is 148 Å². The van der Waals surface area contributed by atoms with Crippen molar-refractivity contribution in [3.05, 3.63) is 72.9 Å². The van der Waals surface area contributed by atoms with E-state index in [2.05, 4.69) is 101 Å². The molecule has 5 aliphatic carbocycles. The second kappa shape index (κ2) is 7.55. The Hall–Kier alpha value is -1.56. The van der Waals surface area contributed by atoms with Crippen LogP contribution in [0.3, 0.4) is 0 Å². The van der Waals surface area contributed by atoms with Crippen molar-refractivity contribution in [2.24, 2.45) is 47.3 Å². The van der Waals surface area contributed by atoms with Gasteiger partial charge in [-0.3, -0.25) is 0 Å². The van der Waals surface area contributed by atoms with Gasteiger partial charge in [0.1, 0.15) is 0 Å². The molecule has 6 unspecified atom stereocenters. The van der Waals surface area contributed by atoms with Gasteiger partial charge in [-0.1, -0.05) is 101 Å². The van der Waals surface area contributed by atoms with Crippen LogP contribution in [-0.4, -0.2) is 0 Å². The quantitative estimate of drug-likeness (QED) is 0.455. The minimum Gasteiger partial charge on any atom is -0.0851 e. The molecule has 0 amide bonds. The summed E-state index contributed by atoms with van der Waals surface area (Å²) >= 11 is 0. The maximum atomic E-state index is 2.47. The fraction of sp³-hybridized carbons (Fsp3) is 0.500. The van der Waals surface area contributed by atoms with Crippen LogP contribution in [0.1, 0.15) is 27.7 Å². The summed E-state index contributed by atoms with van der Waals surface area (Å²) in [6.07, 6.45) is 26.8. The second-order valence-electron chi connectivity index (χ2n) is 8.06. The van der Waals surface area contributed by atoms with Crippen molar-refractivity contribution in [1.82, 2.24) is 0 Å². The molecule has 0 radical (unpaired) electrons. The van der Waals surface area contributed by atoms with Crippen molar-refractivity contribution in [2.45, 2.75) is 27.7 Å². The van der Waals surface area contributed by atoms with Gasteiger partial charge in [0, 0.05) is 0 Å². The maximum absolute atomic E-state index is 2.47. The Kier molecular flexibility index (Phi) is 5.43. The van der Waals surface area contributed by atoms with E-state index in [0.29, 0.717) is 11.8 Å². The molecule has 0 nitrogen and oxygen atoms in total. The van der Waals surface area contributed by atoms with E-state index in [1.165, 1.54) is 0 Å². The van der Waals surface area contributed by atoms with Gasteiger partial charge >= 0.3 is 0 Å². The molecule has 0 heterocycles. The predicted molar refractivity (Wildman–Crippen MR) is 105 cm³/mol. The van der Waals surface area contributed by atoms with Crippen LogP contribution in [0.15, 0.2) is 72.9 Å². The van der Waals surface area contributed by atoms with E-state index in [9.17, 15) is 0 Å². The summed E-state index contributed by atoms with van der Waals surface area (Å²) in [5.74, 6) is 6.74. The van der Waals surface area contributed by atoms with Gasteiger partial charge in [-0.05, 0) is 47.3 Å². The third-order valence-corrected chi connectivity index (χ3v) is 6.23. The zero-order valence-electron chi connectivity index (χ0n) is 15.5. The highest BCUT2D eigenvalue weighted by Crippen LogP contribution is 2.57. The van der Waals surface area contributed by atoms with Crippen LogP contribution < -0.4 is 0 Å². The van der Waals surface area contributed by atoms with Crippen molar-refractivity contribution < 1.29 is 0 Å². The van der Waals surface area contributed by atoms with Gasteiger partial charge in [0.25, 0.3) is 0 Å². The van der Waals surface area contributed by atoms with Gasteiger partial charge in [0.2, 0.25) is 0 Å². The van der Waals surface area contributed by atoms with E-state index in [1.54, 1.807) is 0 Å². The zero-order chi connectivity index (χ0) is 17.1. The molecule has 0 aromatic heterocycles. The van der Waals surface area contributed by atoms with Crippen molar-refractivity contribution in [3.8, 4) is 0 Å². The van der Waals surface area contributed by atoms with Gasteiger partial charge in [-0.25, -0.2) is 0 Å². The lowest BCUT2D eigenvalue weighted by Gasteiger charge is -2.23. The third-order valence-electron chi connectivity index (χ3n) is 6.23. The topological polar surface area (TPSA) is 0 Å². The molecular weight excluding hydrogens is 288 g/mol. The zero-order valence-corrected chi connectivity index (χ0v) is 15.5. The van der Waals surface area contributed by atoms with Gasteiger partial charge in [0.15, 0.2) is 0 Å². The highest BCUT2D eigenvalue weighted by Gasteiger charge is 2.51. The normalized spacial score (nSPS) is 40.0. The number of fused-ring (bicyclic) bond motifs is 5. The Morgan fingerprint density at radius 3 is 1.33 bits per heavy atom. The Morgan fingerprint density at radius 1 is 0.458 bits per heavy atom. The highest BCUT2D eigenvalue weighted by atomic mass is 14.6. The Balaban J connectivity index is 0.000000119. The van der Waals surface area contributed by atoms with Gasteiger partial charge in [0.05, 0.1) is 0 Å². The molecule has 0 aromatic rings. The molecule has 5 rings (SSSR count). The van der Waals surface area contributed by atoms with Crippen LogP contribution in [0.4, 0.5) is 0 Å². The maximum Gasteiger partial charge on any atom is -0.00756 e. The van der Waals surface area contributed by atoms with Crippen molar-refractivity contribution >= 4 is 0 Å². The first-order chi connectivity index (χ1) is 11.6. The fourth-order valence-electron chi connectivity index (χ4n) is 4.81. The molecule has 5 aliphatic rings. The molecule has 0 aliphatic heterocycles. The van der Waals surface area contributed by atoms with Crippen LogP contribution in [0, 0.1) is 47.3 Å². The molecule has 1 saturated carbocycles. The minimum atomic E-state index is 0.685. The average Bonchev–Trinajstić information content (AvgIpc) is 3.36. The van der Waals surface area contributed by atoms with Crippen molar-refractivity contribution in [1.29, 1.82) is 0 Å². The summed E-state index contributed by atoms with van der Waals surface area (Å²) in [6, 6.07) is 0.